The lowest BCUT2D eigenvalue weighted by Crippen LogP contribution is -2.29. The third kappa shape index (κ3) is 6.07. The molecule has 32 heavy (non-hydrogen) atoms. The molecule has 0 radical (unpaired) electrons. The third-order valence-corrected chi connectivity index (χ3v) is 5.28. The zero-order chi connectivity index (χ0) is 23.1. The second-order valence-electron chi connectivity index (χ2n) is 7.88. The molecule has 0 spiro atoms. The number of anilines is 1. The molecule has 3 rings (SSSR count). The van der Waals surface area contributed by atoms with Gasteiger partial charge in [0.05, 0.1) is 6.61 Å². The molecule has 0 saturated heterocycles. The molecule has 1 fully saturated rings. The Morgan fingerprint density at radius 3 is 2.66 bits per heavy atom. The van der Waals surface area contributed by atoms with Gasteiger partial charge in [0.2, 0.25) is 5.90 Å². The first-order valence-electron chi connectivity index (χ1n) is 10.7. The van der Waals surface area contributed by atoms with Gasteiger partial charge in [0, 0.05) is 30.3 Å². The van der Waals surface area contributed by atoms with Crippen LogP contribution in [0, 0.1) is 18.3 Å². The number of rotatable bonds is 10. The summed E-state index contributed by atoms with van der Waals surface area (Å²) in [5.74, 6) is -1.20. The van der Waals surface area contributed by atoms with Gasteiger partial charge in [0.25, 0.3) is 5.91 Å². The van der Waals surface area contributed by atoms with Crippen LogP contribution >= 0.6 is 0 Å². The van der Waals surface area contributed by atoms with Crippen molar-refractivity contribution in [2.24, 2.45) is 11.7 Å². The summed E-state index contributed by atoms with van der Waals surface area (Å²) in [7, 11) is 1.53. The summed E-state index contributed by atoms with van der Waals surface area (Å²) in [5, 5.41) is 14.3. The molecular weight excluding hydrogens is 408 g/mol. The number of hydrogen-bond donors (Lipinski definition) is 4. The maximum Gasteiger partial charge on any atom is 0.251 e. The Morgan fingerprint density at radius 2 is 2.00 bits per heavy atom. The minimum atomic E-state index is -0.432. The fourth-order valence-corrected chi connectivity index (χ4v) is 3.23. The summed E-state index contributed by atoms with van der Waals surface area (Å²) >= 11 is 0. The number of ether oxygens (including phenoxy) is 2. The Morgan fingerprint density at radius 1 is 1.22 bits per heavy atom. The Hall–Kier alpha value is -3.39. The average Bonchev–Trinajstić information content (AvgIpc) is 3.60. The number of benzene rings is 1. The molecule has 8 nitrogen and oxygen atoms in total. The Labute approximate surface area is 188 Å². The van der Waals surface area contributed by atoms with Crippen LogP contribution in [0.5, 0.6) is 0 Å². The van der Waals surface area contributed by atoms with Crippen LogP contribution in [0.15, 0.2) is 53.9 Å². The number of Topliss-reactive ketones (excluding diaryl/α,β-unsaturated/α-hetero) is 1. The summed E-state index contributed by atoms with van der Waals surface area (Å²) in [6.07, 6.45) is 9.87. The van der Waals surface area contributed by atoms with E-state index in [2.05, 4.69) is 10.6 Å². The van der Waals surface area contributed by atoms with E-state index in [9.17, 15) is 9.59 Å². The summed E-state index contributed by atoms with van der Waals surface area (Å²) < 4.78 is 10.4. The molecule has 170 valence electrons. The highest BCUT2D eigenvalue weighted by atomic mass is 16.5. The number of carbonyl (C=O) groups excluding carboxylic acids is 2. The Kier molecular flexibility index (Phi) is 7.83. The standard InChI is InChI=1S/C24H30N4O4/c1-15-8-9-17(24(30)27-18-10-11-18)14-19(15)28-22(25)20(23(26)32-13-12-31-2)21(29)16-6-4-3-5-7-16/h3-6,8-9,14,16,18,26,28H,7,10-13,25H2,1-2H3,(H,27,30)/b22-20-,26-23?. The van der Waals surface area contributed by atoms with Crippen LogP contribution in [0.2, 0.25) is 0 Å². The third-order valence-electron chi connectivity index (χ3n) is 5.28. The Bertz CT molecular complexity index is 976. The summed E-state index contributed by atoms with van der Waals surface area (Å²) in [6.45, 7) is 2.27. The van der Waals surface area contributed by atoms with E-state index in [0.717, 1.165) is 18.4 Å². The van der Waals surface area contributed by atoms with Gasteiger partial charge >= 0.3 is 0 Å². The van der Waals surface area contributed by atoms with E-state index < -0.39 is 5.92 Å². The van der Waals surface area contributed by atoms with E-state index in [1.54, 1.807) is 24.3 Å². The highest BCUT2D eigenvalue weighted by molar-refractivity contribution is 6.20. The predicted octanol–water partition coefficient (Wildman–Crippen LogP) is 2.81. The molecule has 1 atom stereocenters. The number of aryl methyl sites for hydroxylation is 1. The van der Waals surface area contributed by atoms with Crippen molar-refractivity contribution in [3.63, 3.8) is 0 Å². The van der Waals surface area contributed by atoms with E-state index in [0.29, 0.717) is 17.7 Å². The van der Waals surface area contributed by atoms with Crippen molar-refractivity contribution in [2.75, 3.05) is 25.6 Å². The van der Waals surface area contributed by atoms with Crippen molar-refractivity contribution < 1.29 is 19.1 Å². The summed E-state index contributed by atoms with van der Waals surface area (Å²) in [5.41, 5.74) is 8.20. The van der Waals surface area contributed by atoms with E-state index in [-0.39, 0.29) is 48.2 Å². The lowest BCUT2D eigenvalue weighted by atomic mass is 9.91. The smallest absolute Gasteiger partial charge is 0.251 e. The highest BCUT2D eigenvalue weighted by Gasteiger charge is 2.28. The number of carbonyl (C=O) groups is 2. The minimum absolute atomic E-state index is 0.00298. The van der Waals surface area contributed by atoms with Crippen LogP contribution in [0.25, 0.3) is 0 Å². The molecule has 2 aliphatic carbocycles. The quantitative estimate of drug-likeness (QED) is 0.193. The second-order valence-corrected chi connectivity index (χ2v) is 7.88. The lowest BCUT2D eigenvalue weighted by Gasteiger charge is -2.19. The van der Waals surface area contributed by atoms with Crippen molar-refractivity contribution >= 4 is 23.3 Å². The van der Waals surface area contributed by atoms with Crippen molar-refractivity contribution in [3.05, 3.63) is 65.0 Å². The van der Waals surface area contributed by atoms with Crippen molar-refractivity contribution in [1.29, 1.82) is 5.41 Å². The maximum atomic E-state index is 13.2. The highest BCUT2D eigenvalue weighted by Crippen LogP contribution is 2.24. The predicted molar refractivity (Wildman–Crippen MR) is 123 cm³/mol. The van der Waals surface area contributed by atoms with Crippen molar-refractivity contribution in [2.45, 2.75) is 32.2 Å². The number of methoxy groups -OCH3 is 1. The van der Waals surface area contributed by atoms with Crippen LogP contribution < -0.4 is 16.4 Å². The molecule has 0 aromatic heterocycles. The second kappa shape index (κ2) is 10.8. The first-order chi connectivity index (χ1) is 15.4. The van der Waals surface area contributed by atoms with Gasteiger partial charge in [0.1, 0.15) is 18.0 Å². The number of hydrogen-bond acceptors (Lipinski definition) is 7. The zero-order valence-corrected chi connectivity index (χ0v) is 18.4. The molecule has 0 bridgehead atoms. The molecule has 1 aromatic carbocycles. The fraction of sp³-hybridized carbons (Fsp3) is 0.375. The van der Waals surface area contributed by atoms with Gasteiger partial charge in [-0.2, -0.15) is 0 Å². The molecule has 0 heterocycles. The average molecular weight is 439 g/mol. The van der Waals surface area contributed by atoms with Crippen molar-refractivity contribution in [3.8, 4) is 0 Å². The van der Waals surface area contributed by atoms with Crippen LogP contribution in [0.1, 0.15) is 35.2 Å². The maximum absolute atomic E-state index is 13.2. The lowest BCUT2D eigenvalue weighted by molar-refractivity contribution is -0.117. The topological polar surface area (TPSA) is 127 Å². The summed E-state index contributed by atoms with van der Waals surface area (Å²) in [4.78, 5) is 25.6. The van der Waals surface area contributed by atoms with E-state index >= 15 is 0 Å². The first-order valence-corrected chi connectivity index (χ1v) is 10.7. The number of nitrogens with two attached hydrogens (primary N) is 1. The van der Waals surface area contributed by atoms with E-state index in [1.165, 1.54) is 7.11 Å². The molecule has 1 amide bonds. The molecule has 1 saturated carbocycles. The molecule has 8 heteroatoms. The number of ketones is 1. The monoisotopic (exact) mass is 438 g/mol. The normalized spacial score (nSPS) is 18.0. The van der Waals surface area contributed by atoms with E-state index in [4.69, 9.17) is 20.6 Å². The van der Waals surface area contributed by atoms with Crippen LogP contribution in [0.4, 0.5) is 5.69 Å². The first kappa shape index (κ1) is 23.3. The zero-order valence-electron chi connectivity index (χ0n) is 18.4. The van der Waals surface area contributed by atoms with Crippen LogP contribution in [-0.2, 0) is 14.3 Å². The largest absolute Gasteiger partial charge is 0.475 e. The van der Waals surface area contributed by atoms with E-state index in [1.807, 2.05) is 25.1 Å². The molecule has 2 aliphatic rings. The van der Waals surface area contributed by atoms with Gasteiger partial charge < -0.3 is 25.8 Å². The molecule has 5 N–H and O–H groups in total. The molecular formula is C24H30N4O4. The minimum Gasteiger partial charge on any atom is -0.475 e. The van der Waals surface area contributed by atoms with Gasteiger partial charge in [-0.25, -0.2) is 0 Å². The van der Waals surface area contributed by atoms with Gasteiger partial charge in [-0.15, -0.1) is 0 Å². The van der Waals surface area contributed by atoms with Crippen LogP contribution in [0.3, 0.4) is 0 Å². The number of nitrogens with one attached hydrogen (secondary N) is 3. The van der Waals surface area contributed by atoms with Crippen molar-refractivity contribution in [1.82, 2.24) is 5.32 Å². The fourth-order valence-electron chi connectivity index (χ4n) is 3.23. The molecule has 1 unspecified atom stereocenters. The van der Waals surface area contributed by atoms with Gasteiger partial charge in [-0.3, -0.25) is 15.0 Å². The van der Waals surface area contributed by atoms with Gasteiger partial charge in [-0.05, 0) is 43.9 Å². The molecule has 0 aliphatic heterocycles. The number of amides is 1. The SMILES string of the molecule is COCCOC(=N)/C(C(=O)C1C=CC=CC1)=C(/N)Nc1cc(C(=O)NC2CC2)ccc1C. The summed E-state index contributed by atoms with van der Waals surface area (Å²) in [6, 6.07) is 5.50. The van der Waals surface area contributed by atoms with Crippen LogP contribution in [-0.4, -0.2) is 44.0 Å². The number of allylic oxidation sites excluding steroid dienone is 4. The Balaban J connectivity index is 1.86. The van der Waals surface area contributed by atoms with Gasteiger partial charge in [-0.1, -0.05) is 30.4 Å². The molecule has 1 aromatic rings. The van der Waals surface area contributed by atoms with Gasteiger partial charge in [0.15, 0.2) is 5.78 Å².